The van der Waals surface area contributed by atoms with Crippen molar-refractivity contribution in [3.63, 3.8) is 0 Å². The zero-order valence-electron chi connectivity index (χ0n) is 15.3. The quantitative estimate of drug-likeness (QED) is 0.497. The predicted molar refractivity (Wildman–Crippen MR) is 110 cm³/mol. The lowest BCUT2D eigenvalue weighted by atomic mass is 10.2. The summed E-state index contributed by atoms with van der Waals surface area (Å²) < 4.78 is 4.74. The van der Waals surface area contributed by atoms with Gasteiger partial charge in [0.25, 0.3) is 5.91 Å². The number of imidazole rings is 1. The van der Waals surface area contributed by atoms with Crippen molar-refractivity contribution in [3.05, 3.63) is 69.9 Å². The summed E-state index contributed by atoms with van der Waals surface area (Å²) in [6.45, 7) is 1.78. The highest BCUT2D eigenvalue weighted by Gasteiger charge is 2.18. The Bertz CT molecular complexity index is 1140. The molecular weight excluding hydrogens is 374 g/mol. The number of H-pyrrole nitrogens is 1. The van der Waals surface area contributed by atoms with E-state index in [1.54, 1.807) is 13.0 Å². The van der Waals surface area contributed by atoms with Gasteiger partial charge in [0.2, 0.25) is 0 Å². The Morgan fingerprint density at radius 2 is 1.86 bits per heavy atom. The number of thiophene rings is 1. The fourth-order valence-electron chi connectivity index (χ4n) is 2.88. The molecule has 2 aromatic carbocycles. The van der Waals surface area contributed by atoms with Gasteiger partial charge in [-0.2, -0.15) is 0 Å². The van der Waals surface area contributed by atoms with Crippen molar-refractivity contribution in [3.8, 4) is 11.4 Å². The summed E-state index contributed by atoms with van der Waals surface area (Å²) in [5.41, 5.74) is 4.20. The number of para-hydroxylation sites is 2. The van der Waals surface area contributed by atoms with Crippen LogP contribution in [0.4, 0.5) is 5.69 Å². The summed E-state index contributed by atoms with van der Waals surface area (Å²) in [5.74, 6) is 0.0761. The Morgan fingerprint density at radius 1 is 1.11 bits per heavy atom. The maximum atomic E-state index is 12.5. The number of fused-ring (bicyclic) bond motifs is 1. The molecule has 0 radical (unpaired) electrons. The predicted octanol–water partition coefficient (Wildman–Crippen LogP) is 4.64. The lowest BCUT2D eigenvalue weighted by molar-refractivity contribution is 0.0605. The zero-order valence-corrected chi connectivity index (χ0v) is 16.1. The molecule has 1 amide bonds. The van der Waals surface area contributed by atoms with Crippen molar-refractivity contribution in [2.45, 2.75) is 6.92 Å². The van der Waals surface area contributed by atoms with Crippen LogP contribution in [0.2, 0.25) is 0 Å². The van der Waals surface area contributed by atoms with Gasteiger partial charge in [-0.3, -0.25) is 4.79 Å². The number of esters is 1. The molecule has 0 aliphatic heterocycles. The average molecular weight is 391 g/mol. The molecule has 2 N–H and O–H groups in total. The summed E-state index contributed by atoms with van der Waals surface area (Å²) >= 11 is 1.12. The molecule has 0 aliphatic rings. The van der Waals surface area contributed by atoms with Crippen LogP contribution in [-0.2, 0) is 4.74 Å². The van der Waals surface area contributed by atoms with Gasteiger partial charge >= 0.3 is 5.97 Å². The average Bonchev–Trinajstić information content (AvgIpc) is 3.31. The number of aryl methyl sites for hydroxylation is 1. The molecule has 0 fully saturated rings. The van der Waals surface area contributed by atoms with E-state index >= 15 is 0 Å². The van der Waals surface area contributed by atoms with Gasteiger partial charge in [-0.25, -0.2) is 9.78 Å². The zero-order chi connectivity index (χ0) is 19.7. The van der Waals surface area contributed by atoms with Crippen molar-refractivity contribution in [1.29, 1.82) is 0 Å². The first-order chi connectivity index (χ1) is 13.5. The molecule has 0 bridgehead atoms. The summed E-state index contributed by atoms with van der Waals surface area (Å²) in [7, 11) is 1.32. The van der Waals surface area contributed by atoms with Gasteiger partial charge < -0.3 is 15.0 Å². The number of hydrogen-bond acceptors (Lipinski definition) is 5. The van der Waals surface area contributed by atoms with Gasteiger partial charge in [-0.1, -0.05) is 12.1 Å². The number of carbonyl (C=O) groups excluding carboxylic acids is 2. The SMILES string of the molecule is COC(=O)c1sc(C(=O)Nc2ccc(-c3nc4ccccc4[nH]3)cc2)cc1C. The van der Waals surface area contributed by atoms with Gasteiger partial charge in [-0.05, 0) is 55.0 Å². The van der Waals surface area contributed by atoms with E-state index in [-0.39, 0.29) is 5.91 Å². The Morgan fingerprint density at radius 3 is 2.57 bits per heavy atom. The third-order valence-corrected chi connectivity index (χ3v) is 5.53. The van der Waals surface area contributed by atoms with E-state index in [1.807, 2.05) is 48.5 Å². The van der Waals surface area contributed by atoms with Gasteiger partial charge in [-0.15, -0.1) is 11.3 Å². The van der Waals surface area contributed by atoms with Crippen LogP contribution in [0.3, 0.4) is 0 Å². The third kappa shape index (κ3) is 3.39. The van der Waals surface area contributed by atoms with Crippen molar-refractivity contribution in [1.82, 2.24) is 9.97 Å². The molecule has 2 aromatic heterocycles. The number of methoxy groups -OCH3 is 1. The van der Waals surface area contributed by atoms with E-state index in [4.69, 9.17) is 4.74 Å². The second kappa shape index (κ2) is 7.28. The second-order valence-electron chi connectivity index (χ2n) is 6.25. The summed E-state index contributed by atoms with van der Waals surface area (Å²) in [6.07, 6.45) is 0. The first-order valence-corrected chi connectivity index (χ1v) is 9.42. The van der Waals surface area contributed by atoms with Crippen LogP contribution < -0.4 is 5.32 Å². The van der Waals surface area contributed by atoms with Crippen LogP contribution in [-0.4, -0.2) is 29.0 Å². The maximum Gasteiger partial charge on any atom is 0.348 e. The van der Waals surface area contributed by atoms with Crippen LogP contribution in [0.25, 0.3) is 22.4 Å². The Balaban J connectivity index is 1.51. The van der Waals surface area contributed by atoms with Crippen molar-refractivity contribution in [2.75, 3.05) is 12.4 Å². The first kappa shape index (κ1) is 17.9. The van der Waals surface area contributed by atoms with Gasteiger partial charge in [0.05, 0.1) is 23.0 Å². The van der Waals surface area contributed by atoms with Crippen LogP contribution in [0, 0.1) is 6.92 Å². The lowest BCUT2D eigenvalue weighted by Crippen LogP contribution is -2.10. The number of aromatic nitrogens is 2. The Labute approximate surface area is 165 Å². The number of benzene rings is 2. The molecule has 4 aromatic rings. The van der Waals surface area contributed by atoms with Gasteiger partial charge in [0, 0.05) is 11.3 Å². The fourth-order valence-corrected chi connectivity index (χ4v) is 3.87. The number of ether oxygens (including phenoxy) is 1. The van der Waals surface area contributed by atoms with E-state index in [2.05, 4.69) is 15.3 Å². The first-order valence-electron chi connectivity index (χ1n) is 8.60. The minimum Gasteiger partial charge on any atom is -0.465 e. The molecule has 7 heteroatoms. The molecule has 0 spiro atoms. The number of amides is 1. The number of rotatable bonds is 4. The number of nitrogens with zero attached hydrogens (tertiary/aromatic N) is 1. The highest BCUT2D eigenvalue weighted by Crippen LogP contribution is 2.25. The molecule has 2 heterocycles. The normalized spacial score (nSPS) is 10.8. The van der Waals surface area contributed by atoms with Crippen molar-refractivity contribution < 1.29 is 14.3 Å². The van der Waals surface area contributed by atoms with E-state index in [0.717, 1.165) is 39.3 Å². The number of carbonyl (C=O) groups is 2. The lowest BCUT2D eigenvalue weighted by Gasteiger charge is -2.04. The molecule has 6 nitrogen and oxygen atoms in total. The standard InChI is InChI=1S/C21H17N3O3S/c1-12-11-17(28-18(12)21(26)27-2)20(25)22-14-9-7-13(8-10-14)19-23-15-5-3-4-6-16(15)24-19/h3-11H,1-2H3,(H,22,25)(H,23,24). The Hall–Kier alpha value is -3.45. The largest absolute Gasteiger partial charge is 0.465 e. The molecular formula is C21H17N3O3S. The van der Waals surface area contributed by atoms with Gasteiger partial charge in [0.15, 0.2) is 0 Å². The van der Waals surface area contributed by atoms with Crippen LogP contribution in [0.15, 0.2) is 54.6 Å². The van der Waals surface area contributed by atoms with E-state index in [0.29, 0.717) is 15.4 Å². The number of nitrogens with one attached hydrogen (secondary N) is 2. The molecule has 0 saturated carbocycles. The monoisotopic (exact) mass is 391 g/mol. The van der Waals surface area contributed by atoms with E-state index in [1.165, 1.54) is 7.11 Å². The highest BCUT2D eigenvalue weighted by atomic mass is 32.1. The number of anilines is 1. The molecule has 0 unspecified atom stereocenters. The topological polar surface area (TPSA) is 84.1 Å². The smallest absolute Gasteiger partial charge is 0.348 e. The molecule has 28 heavy (non-hydrogen) atoms. The minimum atomic E-state index is -0.434. The molecule has 0 aliphatic carbocycles. The van der Waals surface area contributed by atoms with Gasteiger partial charge in [0.1, 0.15) is 10.7 Å². The van der Waals surface area contributed by atoms with E-state index < -0.39 is 5.97 Å². The summed E-state index contributed by atoms with van der Waals surface area (Å²) in [5, 5.41) is 2.85. The second-order valence-corrected chi connectivity index (χ2v) is 7.30. The molecule has 4 rings (SSSR count). The Kier molecular flexibility index (Phi) is 4.67. The van der Waals surface area contributed by atoms with Crippen molar-refractivity contribution in [2.24, 2.45) is 0 Å². The van der Waals surface area contributed by atoms with E-state index in [9.17, 15) is 9.59 Å². The number of aromatic amines is 1. The van der Waals surface area contributed by atoms with Crippen LogP contribution >= 0.6 is 11.3 Å². The molecule has 0 atom stereocenters. The highest BCUT2D eigenvalue weighted by molar-refractivity contribution is 7.16. The maximum absolute atomic E-state index is 12.5. The molecule has 0 saturated heterocycles. The minimum absolute atomic E-state index is 0.264. The summed E-state index contributed by atoms with van der Waals surface area (Å²) in [4.78, 5) is 33.0. The van der Waals surface area contributed by atoms with Crippen LogP contribution in [0.1, 0.15) is 24.9 Å². The van der Waals surface area contributed by atoms with Crippen molar-refractivity contribution >= 4 is 39.9 Å². The van der Waals surface area contributed by atoms with Crippen LogP contribution in [0.5, 0.6) is 0 Å². The summed E-state index contributed by atoms with van der Waals surface area (Å²) in [6, 6.07) is 17.0. The number of hydrogen-bond donors (Lipinski definition) is 2. The third-order valence-electron chi connectivity index (χ3n) is 4.32. The fraction of sp³-hybridized carbons (Fsp3) is 0.0952. The molecule has 140 valence electrons.